The molecule has 0 saturated carbocycles. The summed E-state index contributed by atoms with van der Waals surface area (Å²) in [5, 5.41) is 14.1. The van der Waals surface area contributed by atoms with Gasteiger partial charge in [0.2, 0.25) is 5.69 Å². The number of nitriles is 1. The number of hydrogen-bond acceptors (Lipinski definition) is 3. The van der Waals surface area contributed by atoms with Crippen LogP contribution in [-0.2, 0) is 0 Å². The number of benzene rings is 5. The third-order valence-electron chi connectivity index (χ3n) is 7.92. The Bertz CT molecular complexity index is 2440. The van der Waals surface area contributed by atoms with Crippen LogP contribution in [0.25, 0.3) is 76.5 Å². The Morgan fingerprint density at radius 1 is 0.714 bits per heavy atom. The van der Waals surface area contributed by atoms with E-state index < -0.39 is 0 Å². The Morgan fingerprint density at radius 2 is 1.50 bits per heavy atom. The first-order valence-electron chi connectivity index (χ1n) is 13.6. The Hall–Kier alpha value is -6.17. The van der Waals surface area contributed by atoms with Crippen LogP contribution in [0.1, 0.15) is 5.69 Å². The zero-order valence-electron chi connectivity index (χ0n) is 22.2. The largest absolute Gasteiger partial charge is 0.456 e. The molecule has 5 nitrogen and oxygen atoms in total. The van der Waals surface area contributed by atoms with Crippen LogP contribution in [-0.4, -0.2) is 9.55 Å². The lowest BCUT2D eigenvalue weighted by molar-refractivity contribution is 0.669. The highest BCUT2D eigenvalue weighted by Crippen LogP contribution is 2.43. The van der Waals surface area contributed by atoms with Gasteiger partial charge >= 0.3 is 0 Å². The summed E-state index contributed by atoms with van der Waals surface area (Å²) in [6, 6.07) is 40.5. The van der Waals surface area contributed by atoms with Crippen molar-refractivity contribution in [3.05, 3.63) is 139 Å². The van der Waals surface area contributed by atoms with Crippen LogP contribution in [0, 0.1) is 17.9 Å². The molecule has 0 atom stereocenters. The second kappa shape index (κ2) is 9.20. The molecule has 0 fully saturated rings. The summed E-state index contributed by atoms with van der Waals surface area (Å²) in [6.07, 6.45) is 1.72. The SMILES string of the molecule is [C-]#[N+]c1cc(-c2cc(-c3ccccc3)cnc2C#N)ccc1-n1c2ccccc2c2ccc3oc4ccccc4c3c21. The van der Waals surface area contributed by atoms with E-state index in [0.717, 1.165) is 66.1 Å². The Kier molecular flexibility index (Phi) is 5.19. The molecule has 5 aromatic carbocycles. The van der Waals surface area contributed by atoms with Gasteiger partial charge < -0.3 is 8.98 Å². The number of rotatable bonds is 3. The molecule has 3 heterocycles. The maximum atomic E-state index is 9.89. The number of aromatic nitrogens is 2. The Labute approximate surface area is 240 Å². The predicted molar refractivity (Wildman–Crippen MR) is 168 cm³/mol. The summed E-state index contributed by atoms with van der Waals surface area (Å²) in [4.78, 5) is 8.46. The third-order valence-corrected chi connectivity index (χ3v) is 7.92. The summed E-state index contributed by atoms with van der Waals surface area (Å²) in [7, 11) is 0. The van der Waals surface area contributed by atoms with Crippen molar-refractivity contribution in [1.82, 2.24) is 9.55 Å². The van der Waals surface area contributed by atoms with Crippen molar-refractivity contribution in [3.8, 4) is 34.0 Å². The van der Waals surface area contributed by atoms with Gasteiger partial charge in [-0.2, -0.15) is 5.26 Å². The predicted octanol–water partition coefficient (Wildman–Crippen LogP) is 9.83. The van der Waals surface area contributed by atoms with Gasteiger partial charge in [-0.3, -0.25) is 0 Å². The van der Waals surface area contributed by atoms with Gasteiger partial charge in [0.15, 0.2) is 0 Å². The molecular weight excluding hydrogens is 516 g/mol. The summed E-state index contributed by atoms with van der Waals surface area (Å²) in [6.45, 7) is 8.21. The minimum atomic E-state index is 0.321. The van der Waals surface area contributed by atoms with Crippen molar-refractivity contribution in [3.63, 3.8) is 0 Å². The summed E-state index contributed by atoms with van der Waals surface area (Å²) >= 11 is 0. The lowest BCUT2D eigenvalue weighted by atomic mass is 9.98. The van der Waals surface area contributed by atoms with Crippen molar-refractivity contribution < 1.29 is 4.42 Å². The summed E-state index contributed by atoms with van der Waals surface area (Å²) < 4.78 is 8.42. The maximum absolute atomic E-state index is 9.89. The zero-order valence-corrected chi connectivity index (χ0v) is 22.2. The second-order valence-corrected chi connectivity index (χ2v) is 10.2. The normalized spacial score (nSPS) is 11.3. The average molecular weight is 537 g/mol. The number of furan rings is 1. The quantitative estimate of drug-likeness (QED) is 0.211. The molecule has 0 N–H and O–H groups in total. The summed E-state index contributed by atoms with van der Waals surface area (Å²) in [5.74, 6) is 0. The van der Waals surface area contributed by atoms with Crippen LogP contribution in [0.15, 0.2) is 126 Å². The van der Waals surface area contributed by atoms with Gasteiger partial charge in [-0.05, 0) is 53.6 Å². The van der Waals surface area contributed by atoms with Crippen LogP contribution in [0.3, 0.4) is 0 Å². The van der Waals surface area contributed by atoms with Crippen LogP contribution in [0.4, 0.5) is 5.69 Å². The zero-order chi connectivity index (χ0) is 28.2. The highest BCUT2D eigenvalue weighted by molar-refractivity contribution is 6.24. The number of fused-ring (bicyclic) bond motifs is 7. The molecule has 8 aromatic rings. The van der Waals surface area contributed by atoms with Gasteiger partial charge in [-0.25, -0.2) is 9.83 Å². The van der Waals surface area contributed by atoms with Gasteiger partial charge in [0, 0.05) is 33.5 Å². The molecule has 0 aliphatic heterocycles. The van der Waals surface area contributed by atoms with Crippen molar-refractivity contribution in [2.24, 2.45) is 0 Å². The fourth-order valence-corrected chi connectivity index (χ4v) is 6.05. The number of hydrogen-bond donors (Lipinski definition) is 0. The molecule has 194 valence electrons. The van der Waals surface area contributed by atoms with E-state index in [4.69, 9.17) is 11.0 Å². The second-order valence-electron chi connectivity index (χ2n) is 10.2. The van der Waals surface area contributed by atoms with E-state index in [2.05, 4.69) is 44.7 Å². The molecule has 0 aliphatic rings. The first kappa shape index (κ1) is 23.7. The number of pyridine rings is 1. The molecule has 0 bridgehead atoms. The van der Waals surface area contributed by atoms with Crippen molar-refractivity contribution >= 4 is 49.4 Å². The summed E-state index contributed by atoms with van der Waals surface area (Å²) in [5.41, 5.74) is 8.60. The molecule has 0 spiro atoms. The fraction of sp³-hybridized carbons (Fsp3) is 0. The topological polar surface area (TPSA) is 59.1 Å². The van der Waals surface area contributed by atoms with Gasteiger partial charge in [0.25, 0.3) is 0 Å². The van der Waals surface area contributed by atoms with E-state index in [1.54, 1.807) is 6.20 Å². The Balaban J connectivity index is 1.41. The molecule has 0 aliphatic carbocycles. The van der Waals surface area contributed by atoms with E-state index in [-0.39, 0.29) is 0 Å². The molecule has 3 aromatic heterocycles. The first-order valence-corrected chi connectivity index (χ1v) is 13.6. The van der Waals surface area contributed by atoms with Gasteiger partial charge in [0.05, 0.1) is 28.7 Å². The monoisotopic (exact) mass is 536 g/mol. The van der Waals surface area contributed by atoms with E-state index in [1.165, 1.54) is 0 Å². The number of para-hydroxylation sites is 2. The van der Waals surface area contributed by atoms with Crippen LogP contribution >= 0.6 is 0 Å². The van der Waals surface area contributed by atoms with Crippen LogP contribution in [0.2, 0.25) is 0 Å². The van der Waals surface area contributed by atoms with Crippen molar-refractivity contribution in [1.29, 1.82) is 5.26 Å². The van der Waals surface area contributed by atoms with Crippen LogP contribution in [0.5, 0.6) is 0 Å². The molecule has 0 unspecified atom stereocenters. The van der Waals surface area contributed by atoms with Gasteiger partial charge in [-0.1, -0.05) is 72.8 Å². The minimum Gasteiger partial charge on any atom is -0.456 e. The highest BCUT2D eigenvalue weighted by atomic mass is 16.3. The molecule has 42 heavy (non-hydrogen) atoms. The van der Waals surface area contributed by atoms with Crippen molar-refractivity contribution in [2.75, 3.05) is 0 Å². The first-order chi connectivity index (χ1) is 20.7. The van der Waals surface area contributed by atoms with E-state index in [9.17, 15) is 5.26 Å². The lowest BCUT2D eigenvalue weighted by Gasteiger charge is -2.13. The highest BCUT2D eigenvalue weighted by Gasteiger charge is 2.21. The molecule has 5 heteroatoms. The van der Waals surface area contributed by atoms with Gasteiger partial charge in [0.1, 0.15) is 22.9 Å². The van der Waals surface area contributed by atoms with E-state index in [1.807, 2.05) is 91.0 Å². The smallest absolute Gasteiger partial charge is 0.211 e. The van der Waals surface area contributed by atoms with Crippen molar-refractivity contribution in [2.45, 2.75) is 0 Å². The standard InChI is InChI=1S/C37H20N4O/c1-39-30-20-24(29-19-25(22-40-31(29)21-38)23-9-3-2-4-10-23)15-17-33(30)41-32-13-7-5-11-26(32)27-16-18-35-36(37(27)41)28-12-6-8-14-34(28)42-35/h2-20,22H. The lowest BCUT2D eigenvalue weighted by Crippen LogP contribution is -1.96. The number of nitrogens with zero attached hydrogens (tertiary/aromatic N) is 4. The van der Waals surface area contributed by atoms with Crippen LogP contribution < -0.4 is 0 Å². The molecule has 8 rings (SSSR count). The average Bonchev–Trinajstić information content (AvgIpc) is 3.60. The molecule has 0 radical (unpaired) electrons. The van der Waals surface area contributed by atoms with E-state index in [0.29, 0.717) is 16.9 Å². The third kappa shape index (κ3) is 3.45. The maximum Gasteiger partial charge on any atom is 0.211 e. The van der Waals surface area contributed by atoms with E-state index >= 15 is 0 Å². The molecule has 0 saturated heterocycles. The molecular formula is C37H20N4O. The Morgan fingerprint density at radius 3 is 2.33 bits per heavy atom. The van der Waals surface area contributed by atoms with Gasteiger partial charge in [-0.15, -0.1) is 0 Å². The molecule has 0 amide bonds. The minimum absolute atomic E-state index is 0.321. The fourth-order valence-electron chi connectivity index (χ4n) is 6.05.